The van der Waals surface area contributed by atoms with Crippen LogP contribution in [0.1, 0.15) is 37.2 Å². The Bertz CT molecular complexity index is 657. The zero-order chi connectivity index (χ0) is 14.8. The second-order valence-electron chi connectivity index (χ2n) is 5.85. The standard InChI is InChI=1S/C17H22N2O2/c1-3-4-8-19-14-7-11-21-16(14)12-15(19)17(20)18-9-5-13(2)6-10-18/h3-4,7,11-13H,5-6,8-10H2,1-2H3/b4-3-. The first-order valence-electron chi connectivity index (χ1n) is 7.68. The molecule has 3 rings (SSSR count). The van der Waals surface area contributed by atoms with E-state index < -0.39 is 0 Å². The van der Waals surface area contributed by atoms with E-state index >= 15 is 0 Å². The summed E-state index contributed by atoms with van der Waals surface area (Å²) in [6.45, 7) is 6.66. The lowest BCUT2D eigenvalue weighted by molar-refractivity contribution is 0.0687. The zero-order valence-electron chi connectivity index (χ0n) is 12.7. The predicted molar refractivity (Wildman–Crippen MR) is 83.3 cm³/mol. The van der Waals surface area contributed by atoms with Gasteiger partial charge in [0.2, 0.25) is 0 Å². The summed E-state index contributed by atoms with van der Waals surface area (Å²) in [5.74, 6) is 0.845. The van der Waals surface area contributed by atoms with Crippen LogP contribution in [0, 0.1) is 5.92 Å². The monoisotopic (exact) mass is 286 g/mol. The molecule has 2 aromatic heterocycles. The van der Waals surface area contributed by atoms with Gasteiger partial charge in [-0.25, -0.2) is 0 Å². The van der Waals surface area contributed by atoms with E-state index in [0.29, 0.717) is 6.54 Å². The average molecular weight is 286 g/mol. The minimum Gasteiger partial charge on any atom is -0.463 e. The number of amides is 1. The van der Waals surface area contributed by atoms with Crippen molar-refractivity contribution in [3.63, 3.8) is 0 Å². The Morgan fingerprint density at radius 2 is 2.19 bits per heavy atom. The van der Waals surface area contributed by atoms with Crippen molar-refractivity contribution in [2.45, 2.75) is 33.2 Å². The van der Waals surface area contributed by atoms with Crippen molar-refractivity contribution < 1.29 is 9.21 Å². The molecule has 0 aromatic carbocycles. The van der Waals surface area contributed by atoms with Crippen molar-refractivity contribution in [2.24, 2.45) is 5.92 Å². The van der Waals surface area contributed by atoms with Crippen LogP contribution in [0.15, 0.2) is 35.0 Å². The highest BCUT2D eigenvalue weighted by molar-refractivity contribution is 5.97. The molecule has 1 saturated heterocycles. The molecular weight excluding hydrogens is 264 g/mol. The molecule has 2 aromatic rings. The molecule has 4 nitrogen and oxygen atoms in total. The van der Waals surface area contributed by atoms with Gasteiger partial charge in [-0.3, -0.25) is 4.79 Å². The third-order valence-electron chi connectivity index (χ3n) is 4.34. The van der Waals surface area contributed by atoms with Gasteiger partial charge in [-0.2, -0.15) is 0 Å². The summed E-state index contributed by atoms with van der Waals surface area (Å²) in [5, 5.41) is 0. The molecular formula is C17H22N2O2. The summed E-state index contributed by atoms with van der Waals surface area (Å²) < 4.78 is 7.50. The van der Waals surface area contributed by atoms with Crippen molar-refractivity contribution in [3.8, 4) is 0 Å². The van der Waals surface area contributed by atoms with Crippen LogP contribution in [0.3, 0.4) is 0 Å². The Balaban J connectivity index is 1.91. The minimum atomic E-state index is 0.123. The number of hydrogen-bond acceptors (Lipinski definition) is 2. The average Bonchev–Trinajstić information content (AvgIpc) is 3.06. The maximum atomic E-state index is 12.8. The number of hydrogen-bond donors (Lipinski definition) is 0. The second-order valence-corrected chi connectivity index (χ2v) is 5.85. The molecule has 4 heteroatoms. The van der Waals surface area contributed by atoms with Crippen LogP contribution in [0.5, 0.6) is 0 Å². The first kappa shape index (κ1) is 14.0. The molecule has 0 N–H and O–H groups in total. The molecule has 1 aliphatic heterocycles. The first-order chi connectivity index (χ1) is 10.2. The first-order valence-corrected chi connectivity index (χ1v) is 7.68. The quantitative estimate of drug-likeness (QED) is 0.807. The number of nitrogens with zero attached hydrogens (tertiary/aromatic N) is 2. The van der Waals surface area contributed by atoms with Crippen molar-refractivity contribution in [1.29, 1.82) is 0 Å². The van der Waals surface area contributed by atoms with E-state index in [1.54, 1.807) is 6.26 Å². The van der Waals surface area contributed by atoms with Crippen molar-refractivity contribution in [1.82, 2.24) is 9.47 Å². The maximum Gasteiger partial charge on any atom is 0.270 e. The van der Waals surface area contributed by atoms with E-state index in [-0.39, 0.29) is 5.91 Å². The lowest BCUT2D eigenvalue weighted by Gasteiger charge is -2.30. The Kier molecular flexibility index (Phi) is 3.86. The van der Waals surface area contributed by atoms with Gasteiger partial charge in [-0.05, 0) is 25.7 Å². The zero-order valence-corrected chi connectivity index (χ0v) is 12.7. The van der Waals surface area contributed by atoms with E-state index in [4.69, 9.17) is 4.42 Å². The molecule has 0 aliphatic carbocycles. The molecule has 0 spiro atoms. The van der Waals surface area contributed by atoms with E-state index in [9.17, 15) is 4.79 Å². The molecule has 0 saturated carbocycles. The number of likely N-dealkylation sites (tertiary alicyclic amines) is 1. The Hall–Kier alpha value is -1.97. The molecule has 21 heavy (non-hydrogen) atoms. The van der Waals surface area contributed by atoms with Crippen LogP contribution < -0.4 is 0 Å². The van der Waals surface area contributed by atoms with Crippen LogP contribution in [-0.4, -0.2) is 28.5 Å². The van der Waals surface area contributed by atoms with Crippen molar-refractivity contribution in [3.05, 3.63) is 36.2 Å². The molecule has 0 radical (unpaired) electrons. The normalized spacial score (nSPS) is 17.1. The third-order valence-corrected chi connectivity index (χ3v) is 4.34. The van der Waals surface area contributed by atoms with E-state index in [1.807, 2.05) is 34.6 Å². The van der Waals surface area contributed by atoms with Gasteiger partial charge in [0.25, 0.3) is 5.91 Å². The molecule has 0 unspecified atom stereocenters. The molecule has 112 valence electrons. The highest BCUT2D eigenvalue weighted by Gasteiger charge is 2.25. The minimum absolute atomic E-state index is 0.123. The van der Waals surface area contributed by atoms with Gasteiger partial charge < -0.3 is 13.9 Å². The number of rotatable bonds is 3. The van der Waals surface area contributed by atoms with Crippen LogP contribution in [0.2, 0.25) is 0 Å². The van der Waals surface area contributed by atoms with Gasteiger partial charge in [0.15, 0.2) is 5.58 Å². The van der Waals surface area contributed by atoms with Crippen LogP contribution in [0.4, 0.5) is 0 Å². The van der Waals surface area contributed by atoms with Crippen LogP contribution in [-0.2, 0) is 6.54 Å². The summed E-state index contributed by atoms with van der Waals surface area (Å²) in [7, 11) is 0. The molecule has 3 heterocycles. The second kappa shape index (κ2) is 5.80. The van der Waals surface area contributed by atoms with Crippen molar-refractivity contribution >= 4 is 17.0 Å². The number of furan rings is 1. The number of allylic oxidation sites excluding steroid dienone is 2. The highest BCUT2D eigenvalue weighted by atomic mass is 16.3. The molecule has 1 fully saturated rings. The van der Waals surface area contributed by atoms with E-state index in [1.165, 1.54) is 0 Å². The Morgan fingerprint density at radius 3 is 2.90 bits per heavy atom. The Morgan fingerprint density at radius 1 is 1.43 bits per heavy atom. The SMILES string of the molecule is C/C=C\Cn1c(C(=O)N2CCC(C)CC2)cc2occc21. The number of carbonyl (C=O) groups is 1. The van der Waals surface area contributed by atoms with Gasteiger partial charge in [-0.1, -0.05) is 19.1 Å². The molecule has 1 aliphatic rings. The predicted octanol–water partition coefficient (Wildman–Crippen LogP) is 3.68. The lowest BCUT2D eigenvalue weighted by atomic mass is 9.99. The molecule has 0 atom stereocenters. The fraction of sp³-hybridized carbons (Fsp3) is 0.471. The number of fused-ring (bicyclic) bond motifs is 1. The molecule has 0 bridgehead atoms. The van der Waals surface area contributed by atoms with Gasteiger partial charge in [0, 0.05) is 31.8 Å². The summed E-state index contributed by atoms with van der Waals surface area (Å²) in [6, 6.07) is 3.80. The largest absolute Gasteiger partial charge is 0.463 e. The summed E-state index contributed by atoms with van der Waals surface area (Å²) >= 11 is 0. The van der Waals surface area contributed by atoms with Gasteiger partial charge in [0.1, 0.15) is 5.69 Å². The Labute approximate surface area is 125 Å². The third kappa shape index (κ3) is 2.62. The maximum absolute atomic E-state index is 12.8. The fourth-order valence-electron chi connectivity index (χ4n) is 2.94. The van der Waals surface area contributed by atoms with Crippen LogP contribution >= 0.6 is 0 Å². The van der Waals surface area contributed by atoms with E-state index in [0.717, 1.165) is 48.6 Å². The summed E-state index contributed by atoms with van der Waals surface area (Å²) in [6.07, 6.45) is 7.92. The molecule has 1 amide bonds. The van der Waals surface area contributed by atoms with Gasteiger partial charge >= 0.3 is 0 Å². The fourth-order valence-corrected chi connectivity index (χ4v) is 2.94. The van der Waals surface area contributed by atoms with Crippen LogP contribution in [0.25, 0.3) is 11.1 Å². The lowest BCUT2D eigenvalue weighted by Crippen LogP contribution is -2.38. The number of aromatic nitrogens is 1. The van der Waals surface area contributed by atoms with Gasteiger partial charge in [0.05, 0.1) is 11.8 Å². The summed E-state index contributed by atoms with van der Waals surface area (Å²) in [5.41, 5.74) is 2.51. The highest BCUT2D eigenvalue weighted by Crippen LogP contribution is 2.24. The van der Waals surface area contributed by atoms with Gasteiger partial charge in [-0.15, -0.1) is 0 Å². The number of carbonyl (C=O) groups excluding carboxylic acids is 1. The number of piperidine rings is 1. The topological polar surface area (TPSA) is 38.4 Å². The smallest absolute Gasteiger partial charge is 0.270 e. The van der Waals surface area contributed by atoms with E-state index in [2.05, 4.69) is 13.0 Å². The summed E-state index contributed by atoms with van der Waals surface area (Å²) in [4.78, 5) is 14.8. The van der Waals surface area contributed by atoms with Crippen molar-refractivity contribution in [2.75, 3.05) is 13.1 Å².